The summed E-state index contributed by atoms with van der Waals surface area (Å²) in [6.45, 7) is 2.56. The number of carbonyl (C=O) groups excluding carboxylic acids is 1. The molecule has 0 aliphatic carbocycles. The second-order valence-corrected chi connectivity index (χ2v) is 9.99. The van der Waals surface area contributed by atoms with E-state index in [4.69, 9.17) is 4.74 Å². The fraction of sp³-hybridized carbons (Fsp3) is 0.138. The predicted octanol–water partition coefficient (Wildman–Crippen LogP) is 5.46. The van der Waals surface area contributed by atoms with Crippen LogP contribution in [-0.4, -0.2) is 38.3 Å². The number of pyridine rings is 1. The van der Waals surface area contributed by atoms with E-state index in [1.54, 1.807) is 29.5 Å². The minimum Gasteiger partial charge on any atom is -0.465 e. The third kappa shape index (κ3) is 3.97. The van der Waals surface area contributed by atoms with E-state index < -0.39 is 5.97 Å². The molecular formula is C29H23N5O3S. The second-order valence-electron chi connectivity index (χ2n) is 8.87. The SMILES string of the molecule is CCc1cc2c(=O)c3cccc(C(=O)OC)c3n(Cc3ccc(-c4ccccc4-c4nn[nH]n4)cc3)c2s1. The number of hydrogen-bond acceptors (Lipinski definition) is 7. The second kappa shape index (κ2) is 9.68. The van der Waals surface area contributed by atoms with Crippen LogP contribution in [0.5, 0.6) is 0 Å². The highest BCUT2D eigenvalue weighted by molar-refractivity contribution is 7.18. The van der Waals surface area contributed by atoms with Crippen LogP contribution in [0.2, 0.25) is 0 Å². The molecular weight excluding hydrogens is 498 g/mol. The molecule has 8 nitrogen and oxygen atoms in total. The molecule has 0 aliphatic rings. The molecule has 3 aromatic carbocycles. The summed E-state index contributed by atoms with van der Waals surface area (Å²) in [5.74, 6) is 0.0651. The molecule has 1 N–H and O–H groups in total. The van der Waals surface area contributed by atoms with Crippen molar-refractivity contribution in [3.63, 3.8) is 0 Å². The molecule has 3 heterocycles. The fourth-order valence-electron chi connectivity index (χ4n) is 4.84. The Hall–Kier alpha value is -4.63. The largest absolute Gasteiger partial charge is 0.465 e. The first kappa shape index (κ1) is 23.7. The quantitative estimate of drug-likeness (QED) is 0.292. The lowest BCUT2D eigenvalue weighted by molar-refractivity contribution is 0.0602. The lowest BCUT2D eigenvalue weighted by Gasteiger charge is -2.16. The number of carbonyl (C=O) groups is 1. The average Bonchev–Trinajstić information content (AvgIpc) is 3.66. The highest BCUT2D eigenvalue weighted by Crippen LogP contribution is 2.32. The monoisotopic (exact) mass is 521 g/mol. The van der Waals surface area contributed by atoms with Gasteiger partial charge in [-0.15, -0.1) is 21.5 Å². The van der Waals surface area contributed by atoms with Gasteiger partial charge in [0, 0.05) is 22.4 Å². The van der Waals surface area contributed by atoms with Gasteiger partial charge in [-0.2, -0.15) is 5.21 Å². The summed E-state index contributed by atoms with van der Waals surface area (Å²) in [6.07, 6.45) is 0.827. The van der Waals surface area contributed by atoms with Gasteiger partial charge in [-0.05, 0) is 46.5 Å². The Morgan fingerprint density at radius 2 is 1.79 bits per heavy atom. The molecule has 0 atom stereocenters. The number of rotatable bonds is 6. The first-order valence-corrected chi connectivity index (χ1v) is 13.0. The number of fused-ring (bicyclic) bond motifs is 2. The molecule has 6 aromatic rings. The summed E-state index contributed by atoms with van der Waals surface area (Å²) >= 11 is 1.59. The van der Waals surface area contributed by atoms with E-state index in [0.29, 0.717) is 34.2 Å². The van der Waals surface area contributed by atoms with Gasteiger partial charge in [-0.25, -0.2) is 4.79 Å². The first-order chi connectivity index (χ1) is 18.6. The number of nitrogens with one attached hydrogen (secondary N) is 1. The normalized spacial score (nSPS) is 11.3. The molecule has 0 saturated heterocycles. The number of esters is 1. The third-order valence-electron chi connectivity index (χ3n) is 6.68. The topological polar surface area (TPSA) is 103 Å². The van der Waals surface area contributed by atoms with E-state index in [1.165, 1.54) is 7.11 Å². The van der Waals surface area contributed by atoms with Crippen molar-refractivity contribution in [3.05, 3.63) is 99.0 Å². The molecule has 0 radical (unpaired) electrons. The summed E-state index contributed by atoms with van der Waals surface area (Å²) in [4.78, 5) is 28.1. The van der Waals surface area contributed by atoms with Gasteiger partial charge in [-0.3, -0.25) is 4.79 Å². The van der Waals surface area contributed by atoms with E-state index in [1.807, 2.05) is 30.3 Å². The van der Waals surface area contributed by atoms with E-state index in [2.05, 4.69) is 56.4 Å². The molecule has 0 spiro atoms. The highest BCUT2D eigenvalue weighted by atomic mass is 32.1. The molecule has 9 heteroatoms. The predicted molar refractivity (Wildman–Crippen MR) is 148 cm³/mol. The number of H-pyrrole nitrogens is 1. The summed E-state index contributed by atoms with van der Waals surface area (Å²) in [6, 6.07) is 23.4. The van der Waals surface area contributed by atoms with Crippen LogP contribution < -0.4 is 5.43 Å². The van der Waals surface area contributed by atoms with Crippen LogP contribution >= 0.6 is 11.3 Å². The molecule has 3 aromatic heterocycles. The molecule has 0 fully saturated rings. The Labute approximate surface area is 221 Å². The minimum atomic E-state index is -0.469. The lowest BCUT2D eigenvalue weighted by atomic mass is 9.98. The van der Waals surface area contributed by atoms with Crippen LogP contribution in [0.4, 0.5) is 0 Å². The molecule has 0 unspecified atom stereocenters. The van der Waals surface area contributed by atoms with Gasteiger partial charge in [0.25, 0.3) is 0 Å². The van der Waals surface area contributed by atoms with E-state index in [0.717, 1.165) is 38.4 Å². The number of para-hydroxylation sites is 1. The molecule has 188 valence electrons. The van der Waals surface area contributed by atoms with Crippen LogP contribution in [-0.2, 0) is 17.7 Å². The van der Waals surface area contributed by atoms with Gasteiger partial charge in [0.05, 0.1) is 23.6 Å². The first-order valence-electron chi connectivity index (χ1n) is 12.2. The van der Waals surface area contributed by atoms with Crippen molar-refractivity contribution in [3.8, 4) is 22.5 Å². The molecule has 38 heavy (non-hydrogen) atoms. The van der Waals surface area contributed by atoms with Crippen molar-refractivity contribution in [1.82, 2.24) is 25.2 Å². The number of methoxy groups -OCH3 is 1. The van der Waals surface area contributed by atoms with Gasteiger partial charge in [0.1, 0.15) is 4.83 Å². The van der Waals surface area contributed by atoms with Crippen molar-refractivity contribution in [2.45, 2.75) is 19.9 Å². The number of thiophene rings is 1. The lowest BCUT2D eigenvalue weighted by Crippen LogP contribution is -2.15. The summed E-state index contributed by atoms with van der Waals surface area (Å²) in [5, 5.41) is 15.7. The maximum atomic E-state index is 13.4. The summed E-state index contributed by atoms with van der Waals surface area (Å²) < 4.78 is 7.14. The third-order valence-corrected chi connectivity index (χ3v) is 7.98. The highest BCUT2D eigenvalue weighted by Gasteiger charge is 2.20. The number of tetrazole rings is 1. The van der Waals surface area contributed by atoms with Crippen LogP contribution in [0, 0.1) is 0 Å². The maximum Gasteiger partial charge on any atom is 0.340 e. The number of benzene rings is 3. The number of ether oxygens (including phenoxy) is 1. The Morgan fingerprint density at radius 1 is 1.00 bits per heavy atom. The number of hydrogen-bond donors (Lipinski definition) is 1. The smallest absolute Gasteiger partial charge is 0.340 e. The maximum absolute atomic E-state index is 13.4. The number of aromatic nitrogens is 5. The van der Waals surface area contributed by atoms with Gasteiger partial charge in [0.15, 0.2) is 5.43 Å². The molecule has 0 saturated carbocycles. The van der Waals surface area contributed by atoms with E-state index >= 15 is 0 Å². The van der Waals surface area contributed by atoms with Crippen LogP contribution in [0.25, 0.3) is 43.6 Å². The van der Waals surface area contributed by atoms with Crippen molar-refractivity contribution in [2.24, 2.45) is 0 Å². The molecule has 0 aliphatic heterocycles. The standard InChI is InChI=1S/C29H23N5O3S/c1-3-19-15-24-26(35)22-9-6-10-23(29(36)37-2)25(22)34(28(24)38-19)16-17-11-13-18(14-12-17)20-7-4-5-8-21(20)27-30-32-33-31-27/h4-15H,3,16H2,1-2H3,(H,30,31,32,33). The number of nitrogens with zero attached hydrogens (tertiary/aromatic N) is 4. The Bertz CT molecular complexity index is 1850. The van der Waals surface area contributed by atoms with Gasteiger partial charge in [0.2, 0.25) is 5.82 Å². The van der Waals surface area contributed by atoms with Crippen molar-refractivity contribution < 1.29 is 9.53 Å². The van der Waals surface area contributed by atoms with Crippen molar-refractivity contribution >= 4 is 38.4 Å². The fourth-order valence-corrected chi connectivity index (χ4v) is 5.93. The zero-order valence-corrected chi connectivity index (χ0v) is 21.6. The van der Waals surface area contributed by atoms with Crippen LogP contribution in [0.15, 0.2) is 77.6 Å². The van der Waals surface area contributed by atoms with Gasteiger partial charge >= 0.3 is 5.97 Å². The zero-order chi connectivity index (χ0) is 26.2. The average molecular weight is 522 g/mol. The number of aromatic amines is 1. The Kier molecular flexibility index (Phi) is 6.05. The van der Waals surface area contributed by atoms with E-state index in [-0.39, 0.29) is 5.43 Å². The summed E-state index contributed by atoms with van der Waals surface area (Å²) in [5.41, 5.74) is 4.83. The molecule has 0 amide bonds. The van der Waals surface area contributed by atoms with Crippen molar-refractivity contribution in [2.75, 3.05) is 7.11 Å². The van der Waals surface area contributed by atoms with Crippen LogP contribution in [0.3, 0.4) is 0 Å². The molecule has 0 bridgehead atoms. The summed E-state index contributed by atoms with van der Waals surface area (Å²) in [7, 11) is 1.35. The Balaban J connectivity index is 1.49. The van der Waals surface area contributed by atoms with Crippen LogP contribution in [0.1, 0.15) is 27.7 Å². The number of aryl methyl sites for hydroxylation is 1. The zero-order valence-electron chi connectivity index (χ0n) is 20.8. The Morgan fingerprint density at radius 3 is 2.50 bits per heavy atom. The van der Waals surface area contributed by atoms with Gasteiger partial charge < -0.3 is 9.30 Å². The molecule has 6 rings (SSSR count). The minimum absolute atomic E-state index is 0.0682. The van der Waals surface area contributed by atoms with E-state index in [9.17, 15) is 9.59 Å². The van der Waals surface area contributed by atoms with Crippen molar-refractivity contribution in [1.29, 1.82) is 0 Å². The van der Waals surface area contributed by atoms with Gasteiger partial charge in [-0.1, -0.05) is 61.5 Å².